The number of nitrogens with one attached hydrogen (secondary N) is 1. The second-order valence-corrected chi connectivity index (χ2v) is 4.34. The third kappa shape index (κ3) is 2.41. The number of carbonyl (C=O) groups excluding carboxylic acids is 1. The zero-order valence-electron chi connectivity index (χ0n) is 10.1. The van der Waals surface area contributed by atoms with Crippen LogP contribution in [0.5, 0.6) is 0 Å². The maximum Gasteiger partial charge on any atom is 0.221 e. The summed E-state index contributed by atoms with van der Waals surface area (Å²) in [4.78, 5) is 15.7. The van der Waals surface area contributed by atoms with Crippen LogP contribution >= 0.6 is 11.6 Å². The van der Waals surface area contributed by atoms with E-state index < -0.39 is 0 Å². The lowest BCUT2D eigenvalue weighted by Crippen LogP contribution is -2.24. The SMILES string of the molecule is CCNC(=O)CCn1c(N)nc2cccc(Cl)c21. The third-order valence-corrected chi connectivity index (χ3v) is 2.99. The number of fused-ring (bicyclic) bond motifs is 1. The molecule has 0 aliphatic heterocycles. The van der Waals surface area contributed by atoms with Crippen LogP contribution in [-0.2, 0) is 11.3 Å². The maximum atomic E-state index is 11.5. The standard InChI is InChI=1S/C12H15ClN4O/c1-2-15-10(18)6-7-17-11-8(13)4-3-5-9(11)16-12(17)14/h3-5H,2,6-7H2,1H3,(H2,14,16)(H,15,18). The van der Waals surface area contributed by atoms with Gasteiger partial charge in [0.2, 0.25) is 11.9 Å². The molecule has 0 saturated heterocycles. The molecule has 0 unspecified atom stereocenters. The van der Waals surface area contributed by atoms with E-state index in [1.807, 2.05) is 19.1 Å². The van der Waals surface area contributed by atoms with Crippen LogP contribution in [0.2, 0.25) is 5.02 Å². The van der Waals surface area contributed by atoms with Crippen molar-refractivity contribution in [2.45, 2.75) is 19.9 Å². The number of nitrogens with zero attached hydrogens (tertiary/aromatic N) is 2. The Morgan fingerprint density at radius 1 is 1.56 bits per heavy atom. The van der Waals surface area contributed by atoms with Gasteiger partial charge in [0.05, 0.1) is 16.1 Å². The van der Waals surface area contributed by atoms with E-state index >= 15 is 0 Å². The van der Waals surface area contributed by atoms with Crippen LogP contribution in [0.4, 0.5) is 5.95 Å². The summed E-state index contributed by atoms with van der Waals surface area (Å²) in [6.07, 6.45) is 0.356. The molecule has 1 aromatic heterocycles. The Morgan fingerprint density at radius 2 is 2.33 bits per heavy atom. The molecule has 96 valence electrons. The van der Waals surface area contributed by atoms with Gasteiger partial charge in [-0.25, -0.2) is 4.98 Å². The first-order valence-corrected chi connectivity index (χ1v) is 6.18. The van der Waals surface area contributed by atoms with Gasteiger partial charge >= 0.3 is 0 Å². The number of imidazole rings is 1. The fourth-order valence-electron chi connectivity index (χ4n) is 1.88. The number of hydrogen-bond acceptors (Lipinski definition) is 3. The van der Waals surface area contributed by atoms with Crippen molar-refractivity contribution in [3.63, 3.8) is 0 Å². The molecule has 1 heterocycles. The van der Waals surface area contributed by atoms with E-state index in [0.717, 1.165) is 11.0 Å². The van der Waals surface area contributed by atoms with Gasteiger partial charge in [-0.1, -0.05) is 17.7 Å². The summed E-state index contributed by atoms with van der Waals surface area (Å²) in [5, 5.41) is 3.33. The number of aromatic nitrogens is 2. The average Bonchev–Trinajstić information content (AvgIpc) is 2.64. The van der Waals surface area contributed by atoms with Gasteiger partial charge in [-0.2, -0.15) is 0 Å². The monoisotopic (exact) mass is 266 g/mol. The van der Waals surface area contributed by atoms with Crippen LogP contribution in [-0.4, -0.2) is 22.0 Å². The molecule has 5 nitrogen and oxygen atoms in total. The predicted octanol–water partition coefficient (Wildman–Crippen LogP) is 1.80. The highest BCUT2D eigenvalue weighted by Gasteiger charge is 2.12. The van der Waals surface area contributed by atoms with Gasteiger partial charge < -0.3 is 15.6 Å². The Hall–Kier alpha value is -1.75. The van der Waals surface area contributed by atoms with Gasteiger partial charge in [-0.05, 0) is 19.1 Å². The van der Waals surface area contributed by atoms with E-state index in [1.165, 1.54) is 0 Å². The molecule has 18 heavy (non-hydrogen) atoms. The molecular weight excluding hydrogens is 252 g/mol. The molecule has 0 bridgehead atoms. The van der Waals surface area contributed by atoms with E-state index in [2.05, 4.69) is 10.3 Å². The second-order valence-electron chi connectivity index (χ2n) is 3.93. The molecule has 2 aromatic rings. The Balaban J connectivity index is 2.27. The van der Waals surface area contributed by atoms with Gasteiger partial charge in [-0.15, -0.1) is 0 Å². The van der Waals surface area contributed by atoms with E-state index in [1.54, 1.807) is 10.6 Å². The molecule has 0 radical (unpaired) electrons. The summed E-state index contributed by atoms with van der Waals surface area (Å²) in [6.45, 7) is 2.98. The highest BCUT2D eigenvalue weighted by atomic mass is 35.5. The number of hydrogen-bond donors (Lipinski definition) is 2. The Labute approximate surface area is 110 Å². The van der Waals surface area contributed by atoms with Gasteiger partial charge in [0.15, 0.2) is 0 Å². The number of para-hydroxylation sites is 1. The number of nitrogen functional groups attached to an aromatic ring is 1. The highest BCUT2D eigenvalue weighted by molar-refractivity contribution is 6.35. The molecule has 0 aliphatic carbocycles. The zero-order chi connectivity index (χ0) is 13.1. The van der Waals surface area contributed by atoms with Crippen molar-refractivity contribution < 1.29 is 4.79 Å². The van der Waals surface area contributed by atoms with Crippen molar-refractivity contribution in [3.05, 3.63) is 23.2 Å². The Morgan fingerprint density at radius 3 is 3.06 bits per heavy atom. The molecule has 2 rings (SSSR count). The number of rotatable bonds is 4. The minimum absolute atomic E-state index is 0.00852. The van der Waals surface area contributed by atoms with E-state index in [4.69, 9.17) is 17.3 Å². The van der Waals surface area contributed by atoms with E-state index in [-0.39, 0.29) is 5.91 Å². The van der Waals surface area contributed by atoms with E-state index in [0.29, 0.717) is 30.5 Å². The lowest BCUT2D eigenvalue weighted by molar-refractivity contribution is -0.121. The number of aryl methyl sites for hydroxylation is 1. The molecule has 0 fully saturated rings. The topological polar surface area (TPSA) is 72.9 Å². The fraction of sp³-hybridized carbons (Fsp3) is 0.333. The summed E-state index contributed by atoms with van der Waals surface area (Å²) < 4.78 is 1.77. The molecule has 1 amide bonds. The summed E-state index contributed by atoms with van der Waals surface area (Å²) in [7, 11) is 0. The molecular formula is C12H15ClN4O. The fourth-order valence-corrected chi connectivity index (χ4v) is 2.16. The van der Waals surface area contributed by atoms with Gasteiger partial charge in [-0.3, -0.25) is 4.79 Å². The van der Waals surface area contributed by atoms with Crippen LogP contribution in [0, 0.1) is 0 Å². The third-order valence-electron chi connectivity index (χ3n) is 2.68. The predicted molar refractivity (Wildman–Crippen MR) is 72.5 cm³/mol. The number of benzene rings is 1. The lowest BCUT2D eigenvalue weighted by atomic mass is 10.3. The molecule has 1 aromatic carbocycles. The zero-order valence-corrected chi connectivity index (χ0v) is 10.9. The molecule has 0 atom stereocenters. The minimum Gasteiger partial charge on any atom is -0.369 e. The summed E-state index contributed by atoms with van der Waals surface area (Å²) in [5.74, 6) is 0.369. The smallest absolute Gasteiger partial charge is 0.221 e. The van der Waals surface area contributed by atoms with Gasteiger partial charge in [0.25, 0.3) is 0 Å². The van der Waals surface area contributed by atoms with Crippen molar-refractivity contribution in [3.8, 4) is 0 Å². The first-order chi connectivity index (χ1) is 8.63. The van der Waals surface area contributed by atoms with Crippen molar-refractivity contribution >= 4 is 34.5 Å². The van der Waals surface area contributed by atoms with Crippen molar-refractivity contribution in [1.29, 1.82) is 0 Å². The second kappa shape index (κ2) is 5.27. The summed E-state index contributed by atoms with van der Waals surface area (Å²) in [5.41, 5.74) is 7.37. The quantitative estimate of drug-likeness (QED) is 0.886. The van der Waals surface area contributed by atoms with Crippen molar-refractivity contribution in [1.82, 2.24) is 14.9 Å². The molecule has 6 heteroatoms. The van der Waals surface area contributed by atoms with Crippen LogP contribution in [0.3, 0.4) is 0 Å². The highest BCUT2D eigenvalue weighted by Crippen LogP contribution is 2.25. The number of carbonyl (C=O) groups is 1. The van der Waals surface area contributed by atoms with Crippen LogP contribution in [0.25, 0.3) is 11.0 Å². The summed E-state index contributed by atoms with van der Waals surface area (Å²) in [6, 6.07) is 5.46. The van der Waals surface area contributed by atoms with Gasteiger partial charge in [0, 0.05) is 19.5 Å². The van der Waals surface area contributed by atoms with Crippen molar-refractivity contribution in [2.24, 2.45) is 0 Å². The number of amides is 1. The molecule has 3 N–H and O–H groups in total. The first-order valence-electron chi connectivity index (χ1n) is 5.80. The van der Waals surface area contributed by atoms with Crippen LogP contribution in [0.15, 0.2) is 18.2 Å². The number of halogens is 1. The maximum absolute atomic E-state index is 11.5. The van der Waals surface area contributed by atoms with E-state index in [9.17, 15) is 4.79 Å². The normalized spacial score (nSPS) is 10.8. The average molecular weight is 267 g/mol. The Kier molecular flexibility index (Phi) is 3.72. The lowest BCUT2D eigenvalue weighted by Gasteiger charge is -2.07. The first kappa shape index (κ1) is 12.7. The number of anilines is 1. The largest absolute Gasteiger partial charge is 0.369 e. The Bertz CT molecular complexity index is 579. The van der Waals surface area contributed by atoms with Crippen molar-refractivity contribution in [2.75, 3.05) is 12.3 Å². The molecule has 0 spiro atoms. The summed E-state index contributed by atoms with van der Waals surface area (Å²) >= 11 is 6.14. The molecule has 0 aliphatic rings. The number of nitrogens with two attached hydrogens (primary N) is 1. The molecule has 0 saturated carbocycles. The van der Waals surface area contributed by atoms with Gasteiger partial charge in [0.1, 0.15) is 0 Å². The van der Waals surface area contributed by atoms with Crippen LogP contribution < -0.4 is 11.1 Å². The minimum atomic E-state index is -0.00852. The van der Waals surface area contributed by atoms with Crippen LogP contribution in [0.1, 0.15) is 13.3 Å².